The minimum Gasteiger partial charge on any atom is -0.298 e. The first-order valence-corrected chi connectivity index (χ1v) is 9.41. The van der Waals surface area contributed by atoms with E-state index in [9.17, 15) is 4.79 Å². The predicted octanol–water partition coefficient (Wildman–Crippen LogP) is 4.37. The first-order chi connectivity index (χ1) is 12.3. The lowest BCUT2D eigenvalue weighted by Crippen LogP contribution is -2.11. The van der Waals surface area contributed by atoms with Gasteiger partial charge in [-0.25, -0.2) is 4.98 Å². The van der Waals surface area contributed by atoms with Crippen LogP contribution < -0.4 is 5.32 Å². The van der Waals surface area contributed by atoms with Gasteiger partial charge >= 0.3 is 0 Å². The van der Waals surface area contributed by atoms with Crippen molar-refractivity contribution >= 4 is 33.7 Å². The lowest BCUT2D eigenvalue weighted by atomic mass is 10.1. The van der Waals surface area contributed by atoms with Crippen molar-refractivity contribution < 1.29 is 4.79 Å². The molecule has 0 saturated carbocycles. The number of carbonyl (C=O) groups excluding carboxylic acids is 1. The summed E-state index contributed by atoms with van der Waals surface area (Å²) >= 11 is 3.06. The van der Waals surface area contributed by atoms with Crippen molar-refractivity contribution in [1.82, 2.24) is 14.8 Å². The number of hydrogen-bond acceptors (Lipinski definition) is 5. The number of amides is 1. The van der Waals surface area contributed by atoms with Crippen LogP contribution in [0.2, 0.25) is 0 Å². The minimum atomic E-state index is -0.155. The van der Waals surface area contributed by atoms with Crippen LogP contribution in [0.25, 0.3) is 10.6 Å². The molecule has 1 aromatic carbocycles. The van der Waals surface area contributed by atoms with Gasteiger partial charge in [0.1, 0.15) is 0 Å². The standard InChI is InChI=1S/C18H14N4OS2/c23-17(21-18-20-15(12-25-18)16-3-1-10-24-16)14-6-4-13(5-7-14)11-22-9-2-8-19-22/h1-10,12H,11H2,(H,20,21,23). The highest BCUT2D eigenvalue weighted by molar-refractivity contribution is 7.16. The van der Waals surface area contributed by atoms with Crippen molar-refractivity contribution in [2.45, 2.75) is 6.54 Å². The van der Waals surface area contributed by atoms with Crippen LogP contribution in [0.3, 0.4) is 0 Å². The van der Waals surface area contributed by atoms with Crippen LogP contribution in [0.4, 0.5) is 5.13 Å². The number of rotatable bonds is 5. The molecule has 4 rings (SSSR count). The van der Waals surface area contributed by atoms with E-state index in [0.29, 0.717) is 17.2 Å². The first kappa shape index (κ1) is 15.7. The smallest absolute Gasteiger partial charge is 0.257 e. The van der Waals surface area contributed by atoms with Crippen molar-refractivity contribution in [1.29, 1.82) is 0 Å². The third kappa shape index (κ3) is 3.67. The van der Waals surface area contributed by atoms with Gasteiger partial charge in [-0.1, -0.05) is 18.2 Å². The number of nitrogens with zero attached hydrogens (tertiary/aromatic N) is 3. The molecule has 1 N–H and O–H groups in total. The lowest BCUT2D eigenvalue weighted by molar-refractivity contribution is 0.102. The van der Waals surface area contributed by atoms with E-state index >= 15 is 0 Å². The monoisotopic (exact) mass is 366 g/mol. The molecule has 0 atom stereocenters. The molecule has 3 aromatic heterocycles. The predicted molar refractivity (Wildman–Crippen MR) is 101 cm³/mol. The second kappa shape index (κ2) is 7.00. The van der Waals surface area contributed by atoms with Gasteiger partial charge in [-0.3, -0.25) is 14.8 Å². The molecule has 0 aliphatic heterocycles. The SMILES string of the molecule is O=C(Nc1nc(-c2cccs2)cs1)c1ccc(Cn2cccn2)cc1. The molecule has 0 bridgehead atoms. The summed E-state index contributed by atoms with van der Waals surface area (Å²) in [7, 11) is 0. The molecule has 0 fully saturated rings. The second-order valence-electron chi connectivity index (χ2n) is 5.37. The molecule has 3 heterocycles. The number of hydrogen-bond donors (Lipinski definition) is 1. The summed E-state index contributed by atoms with van der Waals surface area (Å²) in [4.78, 5) is 17.9. The van der Waals surface area contributed by atoms with Crippen molar-refractivity contribution in [2.75, 3.05) is 5.32 Å². The van der Waals surface area contributed by atoms with Crippen LogP contribution >= 0.6 is 22.7 Å². The van der Waals surface area contributed by atoms with E-state index in [1.807, 2.05) is 64.1 Å². The van der Waals surface area contributed by atoms with E-state index in [-0.39, 0.29) is 5.91 Å². The van der Waals surface area contributed by atoms with E-state index in [1.165, 1.54) is 11.3 Å². The molecule has 1 amide bonds. The quantitative estimate of drug-likeness (QED) is 0.571. The largest absolute Gasteiger partial charge is 0.298 e. The molecule has 0 saturated heterocycles. The maximum Gasteiger partial charge on any atom is 0.257 e. The summed E-state index contributed by atoms with van der Waals surface area (Å²) in [5.74, 6) is -0.155. The van der Waals surface area contributed by atoms with Crippen LogP contribution in [0.5, 0.6) is 0 Å². The fourth-order valence-electron chi connectivity index (χ4n) is 2.38. The second-order valence-corrected chi connectivity index (χ2v) is 7.18. The zero-order valence-electron chi connectivity index (χ0n) is 13.1. The average molecular weight is 366 g/mol. The Morgan fingerprint density at radius 3 is 2.72 bits per heavy atom. The maximum atomic E-state index is 12.4. The molecule has 7 heteroatoms. The number of nitrogens with one attached hydrogen (secondary N) is 1. The van der Waals surface area contributed by atoms with Crippen molar-refractivity contribution in [2.24, 2.45) is 0 Å². The maximum absolute atomic E-state index is 12.4. The molecular formula is C18H14N4OS2. The highest BCUT2D eigenvalue weighted by Gasteiger charge is 2.10. The van der Waals surface area contributed by atoms with Gasteiger partial charge in [-0.2, -0.15) is 5.10 Å². The molecule has 4 aromatic rings. The summed E-state index contributed by atoms with van der Waals surface area (Å²) in [5.41, 5.74) is 2.59. The Morgan fingerprint density at radius 2 is 2.00 bits per heavy atom. The Kier molecular flexibility index (Phi) is 4.41. The zero-order chi connectivity index (χ0) is 17.1. The van der Waals surface area contributed by atoms with Crippen LogP contribution in [-0.4, -0.2) is 20.7 Å². The van der Waals surface area contributed by atoms with Gasteiger partial charge in [0.05, 0.1) is 17.1 Å². The van der Waals surface area contributed by atoms with Gasteiger partial charge in [0.2, 0.25) is 0 Å². The highest BCUT2D eigenvalue weighted by Crippen LogP contribution is 2.28. The molecule has 124 valence electrons. The Balaban J connectivity index is 1.42. The third-order valence-corrected chi connectivity index (χ3v) is 5.27. The van der Waals surface area contributed by atoms with E-state index in [1.54, 1.807) is 17.5 Å². The third-order valence-electron chi connectivity index (χ3n) is 3.62. The van der Waals surface area contributed by atoms with E-state index in [0.717, 1.165) is 16.1 Å². The van der Waals surface area contributed by atoms with Gasteiger partial charge in [-0.05, 0) is 35.2 Å². The summed E-state index contributed by atoms with van der Waals surface area (Å²) in [6.07, 6.45) is 3.66. The first-order valence-electron chi connectivity index (χ1n) is 7.65. The number of thiophene rings is 1. The zero-order valence-corrected chi connectivity index (χ0v) is 14.8. The van der Waals surface area contributed by atoms with Crippen molar-refractivity contribution in [3.05, 3.63) is 76.7 Å². The highest BCUT2D eigenvalue weighted by atomic mass is 32.1. The normalized spacial score (nSPS) is 10.7. The van der Waals surface area contributed by atoms with Gasteiger partial charge in [0, 0.05) is 23.3 Å². The van der Waals surface area contributed by atoms with Gasteiger partial charge in [-0.15, -0.1) is 22.7 Å². The van der Waals surface area contributed by atoms with Crippen LogP contribution in [0.1, 0.15) is 15.9 Å². The Hall–Kier alpha value is -2.77. The van der Waals surface area contributed by atoms with Crippen LogP contribution in [-0.2, 0) is 6.54 Å². The number of anilines is 1. The Bertz CT molecular complexity index is 957. The average Bonchev–Trinajstić information content (AvgIpc) is 3.38. The van der Waals surface area contributed by atoms with Crippen molar-refractivity contribution in [3.8, 4) is 10.6 Å². The van der Waals surface area contributed by atoms with E-state index in [4.69, 9.17) is 0 Å². The van der Waals surface area contributed by atoms with Gasteiger partial charge < -0.3 is 0 Å². The van der Waals surface area contributed by atoms with Gasteiger partial charge in [0.15, 0.2) is 5.13 Å². The number of carbonyl (C=O) groups is 1. The fourth-order valence-corrected chi connectivity index (χ4v) is 3.85. The lowest BCUT2D eigenvalue weighted by Gasteiger charge is -2.05. The minimum absolute atomic E-state index is 0.155. The van der Waals surface area contributed by atoms with Gasteiger partial charge in [0.25, 0.3) is 5.91 Å². The molecular weight excluding hydrogens is 352 g/mol. The Morgan fingerprint density at radius 1 is 1.12 bits per heavy atom. The number of aromatic nitrogens is 3. The van der Waals surface area contributed by atoms with Crippen LogP contribution in [0.15, 0.2) is 65.6 Å². The molecule has 25 heavy (non-hydrogen) atoms. The molecule has 0 spiro atoms. The molecule has 0 radical (unpaired) electrons. The number of benzene rings is 1. The molecule has 5 nitrogen and oxygen atoms in total. The summed E-state index contributed by atoms with van der Waals surface area (Å²) < 4.78 is 1.84. The Labute approximate surface area is 152 Å². The molecule has 0 unspecified atom stereocenters. The number of thiazole rings is 1. The summed E-state index contributed by atoms with van der Waals surface area (Å²) in [6, 6.07) is 13.4. The molecule has 0 aliphatic carbocycles. The summed E-state index contributed by atoms with van der Waals surface area (Å²) in [5, 5.41) is 11.6. The van der Waals surface area contributed by atoms with E-state index < -0.39 is 0 Å². The van der Waals surface area contributed by atoms with E-state index in [2.05, 4.69) is 15.4 Å². The van der Waals surface area contributed by atoms with Crippen molar-refractivity contribution in [3.63, 3.8) is 0 Å². The summed E-state index contributed by atoms with van der Waals surface area (Å²) in [6.45, 7) is 0.686. The van der Waals surface area contributed by atoms with Crippen LogP contribution in [0, 0.1) is 0 Å². The fraction of sp³-hybridized carbons (Fsp3) is 0.0556. The molecule has 0 aliphatic rings. The topological polar surface area (TPSA) is 59.8 Å².